The molecule has 2 N–H and O–H groups in total. The number of hydrogen-bond acceptors (Lipinski definition) is 4. The van der Waals surface area contributed by atoms with Crippen LogP contribution in [0.25, 0.3) is 5.65 Å². The van der Waals surface area contributed by atoms with E-state index in [1.807, 2.05) is 18.2 Å². The summed E-state index contributed by atoms with van der Waals surface area (Å²) in [5.41, 5.74) is 2.17. The monoisotopic (exact) mass is 336 g/mol. The number of nitrogens with one attached hydrogen (secondary N) is 1. The minimum Gasteiger partial charge on any atom is -0.393 e. The highest BCUT2D eigenvalue weighted by Gasteiger charge is 2.35. The van der Waals surface area contributed by atoms with Crippen molar-refractivity contribution in [3.8, 4) is 0 Å². The zero-order valence-electron chi connectivity index (χ0n) is 13.7. The van der Waals surface area contributed by atoms with Gasteiger partial charge in [0.1, 0.15) is 0 Å². The number of nitrogens with zero attached hydrogens (tertiary/aromatic N) is 3. The van der Waals surface area contributed by atoms with Crippen LogP contribution < -0.4 is 5.32 Å². The smallest absolute Gasteiger partial charge is 0.272 e. The molecule has 0 unspecified atom stereocenters. The molecule has 0 saturated heterocycles. The van der Waals surface area contributed by atoms with Crippen LogP contribution in [0.1, 0.15) is 28.9 Å². The van der Waals surface area contributed by atoms with Crippen LogP contribution in [0.3, 0.4) is 0 Å². The molecule has 1 fully saturated rings. The molecule has 4 rings (SSSR count). The molecule has 128 valence electrons. The van der Waals surface area contributed by atoms with Crippen LogP contribution >= 0.6 is 0 Å². The average Bonchev–Trinajstić information content (AvgIpc) is 3.04. The topological polar surface area (TPSA) is 79.5 Å². The maximum absolute atomic E-state index is 12.7. The van der Waals surface area contributed by atoms with Crippen molar-refractivity contribution in [2.24, 2.45) is 5.92 Å². The van der Waals surface area contributed by atoms with Gasteiger partial charge >= 0.3 is 0 Å². The number of fused-ring (bicyclic) bond motifs is 1. The van der Waals surface area contributed by atoms with E-state index in [9.17, 15) is 9.90 Å². The van der Waals surface area contributed by atoms with E-state index in [0.29, 0.717) is 11.3 Å². The minimum atomic E-state index is -0.250. The number of hydrogen-bond donors (Lipinski definition) is 2. The Labute approximate surface area is 145 Å². The largest absolute Gasteiger partial charge is 0.393 e. The number of rotatable bonds is 5. The molecular weight excluding hydrogens is 316 g/mol. The molecule has 1 saturated carbocycles. The van der Waals surface area contributed by atoms with Crippen LogP contribution in [0.2, 0.25) is 0 Å². The summed E-state index contributed by atoms with van der Waals surface area (Å²) in [4.78, 5) is 16.9. The normalized spacial score (nSPS) is 20.8. The zero-order valence-corrected chi connectivity index (χ0v) is 13.7. The van der Waals surface area contributed by atoms with Gasteiger partial charge in [-0.25, -0.2) is 9.50 Å². The summed E-state index contributed by atoms with van der Waals surface area (Å²) in [6.45, 7) is 0. The van der Waals surface area contributed by atoms with Crippen molar-refractivity contribution in [2.45, 2.75) is 31.4 Å². The summed E-state index contributed by atoms with van der Waals surface area (Å²) in [5.74, 6) is 0.0853. The average molecular weight is 336 g/mol. The van der Waals surface area contributed by atoms with Crippen LogP contribution in [-0.4, -0.2) is 37.8 Å². The summed E-state index contributed by atoms with van der Waals surface area (Å²) in [6, 6.07) is 13.5. The Morgan fingerprint density at radius 2 is 2.08 bits per heavy atom. The van der Waals surface area contributed by atoms with Gasteiger partial charge in [0, 0.05) is 24.5 Å². The van der Waals surface area contributed by atoms with Gasteiger partial charge in [-0.2, -0.15) is 5.10 Å². The minimum absolute atomic E-state index is 0.0175. The van der Waals surface area contributed by atoms with E-state index in [-0.39, 0.29) is 24.0 Å². The van der Waals surface area contributed by atoms with E-state index >= 15 is 0 Å². The zero-order chi connectivity index (χ0) is 17.2. The number of carbonyl (C=O) groups is 1. The lowest BCUT2D eigenvalue weighted by Gasteiger charge is -2.38. The molecule has 1 atom stereocenters. The highest BCUT2D eigenvalue weighted by Crippen LogP contribution is 2.31. The Morgan fingerprint density at radius 3 is 2.80 bits per heavy atom. The molecule has 0 bridgehead atoms. The molecule has 0 radical (unpaired) electrons. The Bertz CT molecular complexity index is 838. The fraction of sp³-hybridized carbons (Fsp3) is 0.316. The molecular formula is C19H20N4O2. The van der Waals surface area contributed by atoms with Crippen molar-refractivity contribution in [1.29, 1.82) is 0 Å². The van der Waals surface area contributed by atoms with Gasteiger partial charge in [-0.05, 0) is 36.8 Å². The summed E-state index contributed by atoms with van der Waals surface area (Å²) in [5, 5.41) is 17.0. The standard InChI is InChI=1S/C19H20N4O2/c24-15-10-14(11-15)16(9-13-5-2-1-3-6-13)21-19(25)17-12-18-20-7-4-8-23(18)22-17/h1-8,12,14-16,24H,9-11H2,(H,21,25)/t14?,15?,16-/m1/s1. The van der Waals surface area contributed by atoms with Crippen molar-refractivity contribution in [3.63, 3.8) is 0 Å². The Hall–Kier alpha value is -2.73. The molecule has 6 nitrogen and oxygen atoms in total. The van der Waals surface area contributed by atoms with Crippen molar-refractivity contribution < 1.29 is 9.90 Å². The first-order chi connectivity index (χ1) is 12.2. The van der Waals surface area contributed by atoms with Crippen LogP contribution in [0.4, 0.5) is 0 Å². The third-order valence-corrected chi connectivity index (χ3v) is 4.80. The number of benzene rings is 1. The first-order valence-corrected chi connectivity index (χ1v) is 8.52. The number of aliphatic hydroxyl groups excluding tert-OH is 1. The molecule has 2 heterocycles. The predicted octanol–water partition coefficient (Wildman–Crippen LogP) is 1.84. The quantitative estimate of drug-likeness (QED) is 0.745. The van der Waals surface area contributed by atoms with Gasteiger partial charge in [0.25, 0.3) is 5.91 Å². The lowest BCUT2D eigenvalue weighted by molar-refractivity contribution is 0.0239. The summed E-state index contributed by atoms with van der Waals surface area (Å²) in [6.07, 6.45) is 5.39. The molecule has 1 aliphatic carbocycles. The van der Waals surface area contributed by atoms with E-state index in [2.05, 4.69) is 27.5 Å². The second-order valence-electron chi connectivity index (χ2n) is 6.61. The third-order valence-electron chi connectivity index (χ3n) is 4.80. The van der Waals surface area contributed by atoms with E-state index in [4.69, 9.17) is 0 Å². The summed E-state index contributed by atoms with van der Waals surface area (Å²) in [7, 11) is 0. The predicted molar refractivity (Wildman–Crippen MR) is 93.1 cm³/mol. The number of amides is 1. The van der Waals surface area contributed by atoms with Gasteiger partial charge in [0.2, 0.25) is 0 Å². The van der Waals surface area contributed by atoms with Crippen LogP contribution in [0.5, 0.6) is 0 Å². The van der Waals surface area contributed by atoms with Gasteiger partial charge in [-0.1, -0.05) is 30.3 Å². The molecule has 3 aromatic rings. The fourth-order valence-corrected chi connectivity index (χ4v) is 3.35. The Balaban J connectivity index is 1.51. The second kappa shape index (κ2) is 6.64. The van der Waals surface area contributed by atoms with E-state index < -0.39 is 0 Å². The molecule has 25 heavy (non-hydrogen) atoms. The lowest BCUT2D eigenvalue weighted by atomic mass is 9.75. The SMILES string of the molecule is O=C(N[C@H](Cc1ccccc1)C1CC(O)C1)c1cc2ncccn2n1. The van der Waals surface area contributed by atoms with Gasteiger partial charge in [0.05, 0.1) is 6.10 Å². The highest BCUT2D eigenvalue weighted by molar-refractivity contribution is 5.93. The fourth-order valence-electron chi connectivity index (χ4n) is 3.35. The molecule has 1 aliphatic rings. The number of carbonyl (C=O) groups excluding carboxylic acids is 1. The van der Waals surface area contributed by atoms with Gasteiger partial charge in [0.15, 0.2) is 11.3 Å². The molecule has 1 aromatic carbocycles. The van der Waals surface area contributed by atoms with Crippen molar-refractivity contribution in [1.82, 2.24) is 19.9 Å². The summed E-state index contributed by atoms with van der Waals surface area (Å²) < 4.78 is 1.59. The highest BCUT2D eigenvalue weighted by atomic mass is 16.3. The van der Waals surface area contributed by atoms with Crippen molar-refractivity contribution in [3.05, 3.63) is 66.1 Å². The molecule has 6 heteroatoms. The van der Waals surface area contributed by atoms with Crippen LogP contribution in [0.15, 0.2) is 54.9 Å². The van der Waals surface area contributed by atoms with Gasteiger partial charge in [-0.15, -0.1) is 0 Å². The van der Waals surface area contributed by atoms with E-state index in [1.165, 1.54) is 5.56 Å². The summed E-state index contributed by atoms with van der Waals surface area (Å²) >= 11 is 0. The maximum atomic E-state index is 12.7. The Morgan fingerprint density at radius 1 is 1.28 bits per heavy atom. The van der Waals surface area contributed by atoms with Gasteiger partial charge < -0.3 is 10.4 Å². The molecule has 0 aliphatic heterocycles. The van der Waals surface area contributed by atoms with E-state index in [0.717, 1.165) is 19.3 Å². The second-order valence-corrected chi connectivity index (χ2v) is 6.61. The first kappa shape index (κ1) is 15.8. The van der Waals surface area contributed by atoms with Crippen LogP contribution in [0, 0.1) is 5.92 Å². The Kier molecular flexibility index (Phi) is 4.19. The maximum Gasteiger partial charge on any atom is 0.272 e. The van der Waals surface area contributed by atoms with Gasteiger partial charge in [-0.3, -0.25) is 4.79 Å². The third kappa shape index (κ3) is 3.39. The molecule has 2 aromatic heterocycles. The number of aliphatic hydroxyl groups is 1. The van der Waals surface area contributed by atoms with Crippen molar-refractivity contribution in [2.75, 3.05) is 0 Å². The van der Waals surface area contributed by atoms with E-state index in [1.54, 1.807) is 29.0 Å². The molecule has 0 spiro atoms. The molecule has 1 amide bonds. The van der Waals surface area contributed by atoms with Crippen molar-refractivity contribution >= 4 is 11.6 Å². The number of aromatic nitrogens is 3. The first-order valence-electron chi connectivity index (χ1n) is 8.52. The lowest BCUT2D eigenvalue weighted by Crippen LogP contribution is -2.48. The van der Waals surface area contributed by atoms with Crippen LogP contribution in [-0.2, 0) is 6.42 Å².